The van der Waals surface area contributed by atoms with Gasteiger partial charge >= 0.3 is 18.4 Å². The fourth-order valence-corrected chi connectivity index (χ4v) is 5.37. The summed E-state index contributed by atoms with van der Waals surface area (Å²) in [5, 5.41) is 2.62. The number of alkyl halides is 6. The third-order valence-electron chi connectivity index (χ3n) is 7.79. The van der Waals surface area contributed by atoms with Crippen LogP contribution in [0.15, 0.2) is 72.8 Å². The van der Waals surface area contributed by atoms with Gasteiger partial charge in [-0.25, -0.2) is 4.79 Å². The molecule has 0 unspecified atom stereocenters. The third-order valence-corrected chi connectivity index (χ3v) is 7.79. The van der Waals surface area contributed by atoms with E-state index in [1.807, 2.05) is 0 Å². The number of hydrogen-bond acceptors (Lipinski definition) is 4. The first-order valence-corrected chi connectivity index (χ1v) is 13.7. The number of halogens is 6. The van der Waals surface area contributed by atoms with Crippen LogP contribution < -0.4 is 5.32 Å². The summed E-state index contributed by atoms with van der Waals surface area (Å²) in [5.74, 6) is -0.438. The molecule has 0 bridgehead atoms. The van der Waals surface area contributed by atoms with Crippen molar-refractivity contribution in [3.05, 3.63) is 106 Å². The molecule has 2 amide bonds. The molecular weight excluding hydrogens is 576 g/mol. The van der Waals surface area contributed by atoms with Gasteiger partial charge in [0.05, 0.1) is 17.7 Å². The number of nitrogens with one attached hydrogen (secondary N) is 1. The van der Waals surface area contributed by atoms with E-state index in [4.69, 9.17) is 4.74 Å². The van der Waals surface area contributed by atoms with Crippen molar-refractivity contribution < 1.29 is 40.7 Å². The molecule has 0 radical (unpaired) electrons. The standard InChI is InChI=1S/C31H29F6N3O3/c32-30(33,34)25-10-6-21(7-11-25)18-39-14-12-29(13-15-39)20-40(28(42)43-29)19-22-4-8-24(9-5-22)27(41)38-17-23-2-1-3-26(16-23)31(35,36)37/h1-11,16H,12-15,17-20H2,(H,38,41). The second-order valence-corrected chi connectivity index (χ2v) is 11.0. The lowest BCUT2D eigenvalue weighted by Gasteiger charge is -2.37. The molecule has 6 nitrogen and oxygen atoms in total. The quantitative estimate of drug-likeness (QED) is 0.307. The normalized spacial score (nSPS) is 17.3. The van der Waals surface area contributed by atoms with Gasteiger partial charge < -0.3 is 10.1 Å². The van der Waals surface area contributed by atoms with E-state index < -0.39 is 41.1 Å². The Morgan fingerprint density at radius 1 is 0.791 bits per heavy atom. The van der Waals surface area contributed by atoms with Crippen molar-refractivity contribution in [3.63, 3.8) is 0 Å². The largest absolute Gasteiger partial charge is 0.441 e. The Kier molecular flexibility index (Phi) is 8.42. The molecule has 0 saturated carbocycles. The molecule has 12 heteroatoms. The summed E-state index contributed by atoms with van der Waals surface area (Å²) >= 11 is 0. The smallest absolute Gasteiger partial charge is 0.416 e. The van der Waals surface area contributed by atoms with E-state index >= 15 is 0 Å². The average Bonchev–Trinajstić information content (AvgIpc) is 3.26. The highest BCUT2D eigenvalue weighted by Gasteiger charge is 2.46. The van der Waals surface area contributed by atoms with Crippen molar-refractivity contribution in [1.82, 2.24) is 15.1 Å². The Morgan fingerprint density at radius 3 is 2.02 bits per heavy atom. The fourth-order valence-electron chi connectivity index (χ4n) is 5.37. The molecule has 1 spiro atoms. The van der Waals surface area contributed by atoms with Crippen LogP contribution >= 0.6 is 0 Å². The van der Waals surface area contributed by atoms with Gasteiger partial charge in [-0.05, 0) is 53.1 Å². The molecule has 0 aromatic heterocycles. The summed E-state index contributed by atoms with van der Waals surface area (Å²) in [6.45, 7) is 2.39. The zero-order valence-corrected chi connectivity index (χ0v) is 23.0. The highest BCUT2D eigenvalue weighted by atomic mass is 19.4. The molecule has 3 aromatic rings. The van der Waals surface area contributed by atoms with E-state index in [1.54, 1.807) is 29.2 Å². The van der Waals surface area contributed by atoms with Gasteiger partial charge in [-0.1, -0.05) is 36.4 Å². The molecule has 2 fully saturated rings. The molecule has 0 atom stereocenters. The van der Waals surface area contributed by atoms with Gasteiger partial charge in [0, 0.05) is 51.1 Å². The number of benzene rings is 3. The highest BCUT2D eigenvalue weighted by Crippen LogP contribution is 2.35. The molecule has 1 N–H and O–H groups in total. The van der Waals surface area contributed by atoms with Crippen LogP contribution in [0.2, 0.25) is 0 Å². The second kappa shape index (κ2) is 11.9. The number of piperidine rings is 1. The van der Waals surface area contributed by atoms with Gasteiger partial charge in [0.2, 0.25) is 0 Å². The predicted octanol–water partition coefficient (Wildman–Crippen LogP) is 6.64. The third kappa shape index (κ3) is 7.48. The number of carbonyl (C=O) groups excluding carboxylic acids is 2. The monoisotopic (exact) mass is 605 g/mol. The maximum atomic E-state index is 12.9. The van der Waals surface area contributed by atoms with Crippen LogP contribution in [0.25, 0.3) is 0 Å². The number of likely N-dealkylation sites (tertiary alicyclic amines) is 1. The predicted molar refractivity (Wildman–Crippen MR) is 145 cm³/mol. The topological polar surface area (TPSA) is 61.9 Å². The fraction of sp³-hybridized carbons (Fsp3) is 0.355. The summed E-state index contributed by atoms with van der Waals surface area (Å²) < 4.78 is 83.0. The van der Waals surface area contributed by atoms with Crippen LogP contribution in [-0.2, 0) is 36.7 Å². The Balaban J connectivity index is 1.10. The van der Waals surface area contributed by atoms with Crippen LogP contribution in [0.3, 0.4) is 0 Å². The molecule has 228 valence electrons. The lowest BCUT2D eigenvalue weighted by molar-refractivity contribution is -0.138. The number of hydrogen-bond donors (Lipinski definition) is 1. The minimum atomic E-state index is -4.47. The van der Waals surface area contributed by atoms with Gasteiger partial charge in [-0.3, -0.25) is 14.6 Å². The molecule has 2 saturated heterocycles. The van der Waals surface area contributed by atoms with Crippen LogP contribution in [0.4, 0.5) is 31.1 Å². The molecule has 3 aromatic carbocycles. The van der Waals surface area contributed by atoms with Gasteiger partial charge in [0.15, 0.2) is 0 Å². The van der Waals surface area contributed by atoms with Gasteiger partial charge in [-0.2, -0.15) is 26.3 Å². The molecule has 2 aliphatic heterocycles. The van der Waals surface area contributed by atoms with E-state index in [2.05, 4.69) is 10.2 Å². The van der Waals surface area contributed by atoms with Gasteiger partial charge in [-0.15, -0.1) is 0 Å². The number of nitrogens with zero attached hydrogens (tertiary/aromatic N) is 2. The Morgan fingerprint density at radius 2 is 1.40 bits per heavy atom. The lowest BCUT2D eigenvalue weighted by Crippen LogP contribution is -2.46. The lowest BCUT2D eigenvalue weighted by atomic mass is 9.91. The number of carbonyl (C=O) groups is 2. The van der Waals surface area contributed by atoms with Crippen molar-refractivity contribution in [2.75, 3.05) is 19.6 Å². The zero-order chi connectivity index (χ0) is 30.8. The molecule has 43 heavy (non-hydrogen) atoms. The van der Waals surface area contributed by atoms with Crippen molar-refractivity contribution in [3.8, 4) is 0 Å². The first-order valence-electron chi connectivity index (χ1n) is 13.7. The second-order valence-electron chi connectivity index (χ2n) is 11.0. The molecule has 2 aliphatic rings. The maximum Gasteiger partial charge on any atom is 0.416 e. The number of ether oxygens (including phenoxy) is 1. The Labute approximate surface area is 244 Å². The summed E-state index contributed by atoms with van der Waals surface area (Å²) in [6.07, 6.45) is -8.07. The van der Waals surface area contributed by atoms with Gasteiger partial charge in [0.25, 0.3) is 5.91 Å². The first-order chi connectivity index (χ1) is 20.3. The SMILES string of the molecule is O=C(NCc1cccc(C(F)(F)F)c1)c1ccc(CN2CC3(CCN(Cc4ccc(C(F)(F)F)cc4)CC3)OC2=O)cc1. The maximum absolute atomic E-state index is 12.9. The first kappa shape index (κ1) is 30.4. The van der Waals surface area contributed by atoms with Crippen molar-refractivity contribution in [2.45, 2.75) is 50.4 Å². The summed E-state index contributed by atoms with van der Waals surface area (Å²) in [6, 6.07) is 16.5. The van der Waals surface area contributed by atoms with Crippen LogP contribution in [0.5, 0.6) is 0 Å². The zero-order valence-electron chi connectivity index (χ0n) is 23.0. The summed E-state index contributed by atoms with van der Waals surface area (Å²) in [4.78, 5) is 29.0. The minimum absolute atomic E-state index is 0.0615. The van der Waals surface area contributed by atoms with E-state index in [0.717, 1.165) is 35.4 Å². The van der Waals surface area contributed by atoms with E-state index in [1.165, 1.54) is 24.3 Å². The van der Waals surface area contributed by atoms with Crippen LogP contribution in [-0.4, -0.2) is 47.0 Å². The molecule has 0 aliphatic carbocycles. The van der Waals surface area contributed by atoms with Crippen molar-refractivity contribution in [2.24, 2.45) is 0 Å². The van der Waals surface area contributed by atoms with E-state index in [-0.39, 0.29) is 13.1 Å². The molecular formula is C31H29F6N3O3. The number of amides is 2. The molecule has 5 rings (SSSR count). The highest BCUT2D eigenvalue weighted by molar-refractivity contribution is 5.94. The minimum Gasteiger partial charge on any atom is -0.441 e. The van der Waals surface area contributed by atoms with Crippen LogP contribution in [0.1, 0.15) is 51.0 Å². The average molecular weight is 606 g/mol. The van der Waals surface area contributed by atoms with Crippen LogP contribution in [0, 0.1) is 0 Å². The summed E-state index contributed by atoms with van der Waals surface area (Å²) in [5.41, 5.74) is 0.123. The van der Waals surface area contributed by atoms with Crippen molar-refractivity contribution >= 4 is 12.0 Å². The molecule has 2 heterocycles. The van der Waals surface area contributed by atoms with E-state index in [0.29, 0.717) is 50.1 Å². The Hall–Kier alpha value is -4.06. The summed E-state index contributed by atoms with van der Waals surface area (Å²) in [7, 11) is 0. The number of rotatable bonds is 7. The van der Waals surface area contributed by atoms with Crippen molar-refractivity contribution in [1.29, 1.82) is 0 Å². The van der Waals surface area contributed by atoms with E-state index in [9.17, 15) is 35.9 Å². The Bertz CT molecular complexity index is 1450. The van der Waals surface area contributed by atoms with Gasteiger partial charge in [0.1, 0.15) is 5.60 Å².